The van der Waals surface area contributed by atoms with Gasteiger partial charge in [-0.2, -0.15) is 13.2 Å². The Hall–Kier alpha value is -3.37. The molecule has 0 spiro atoms. The Morgan fingerprint density at radius 2 is 1.67 bits per heavy atom. The number of alkyl halides is 4. The molecule has 2 aromatic carbocycles. The molecule has 0 saturated carbocycles. The van der Waals surface area contributed by atoms with Crippen LogP contribution in [0.5, 0.6) is 0 Å². The molecular formula is C22H22F5N3O3. The third kappa shape index (κ3) is 6.33. The molecule has 2 atom stereocenters. The maximum Gasteiger partial charge on any atom is 0.416 e. The van der Waals surface area contributed by atoms with E-state index in [0.717, 1.165) is 17.0 Å². The van der Waals surface area contributed by atoms with E-state index in [9.17, 15) is 31.5 Å². The Bertz CT molecular complexity index is 967. The van der Waals surface area contributed by atoms with Crippen LogP contribution in [0.2, 0.25) is 0 Å². The standard InChI is InChI=1S/C22H22F5N3O3/c23-17-7-3-15(4-8-17)12-30(19-9-10-29(21(32)33)13-18(19)24)20(31)28-11-14-1-5-16(6-2-14)22(25,26)27/h1-8,18-19H,9-13H2,(H,28,31)(H,32,33)/t18-,19+/m0/s1. The summed E-state index contributed by atoms with van der Waals surface area (Å²) >= 11 is 0. The topological polar surface area (TPSA) is 72.9 Å². The minimum atomic E-state index is -4.48. The molecule has 0 radical (unpaired) electrons. The molecule has 1 aliphatic rings. The number of hydrogen-bond donors (Lipinski definition) is 2. The molecule has 0 bridgehead atoms. The van der Waals surface area contributed by atoms with Crippen LogP contribution >= 0.6 is 0 Å². The van der Waals surface area contributed by atoms with Gasteiger partial charge in [0.15, 0.2) is 0 Å². The van der Waals surface area contributed by atoms with Crippen molar-refractivity contribution in [3.8, 4) is 0 Å². The molecule has 1 fully saturated rings. The molecule has 1 heterocycles. The number of halogens is 5. The van der Waals surface area contributed by atoms with Crippen molar-refractivity contribution >= 4 is 12.1 Å². The van der Waals surface area contributed by atoms with Crippen LogP contribution in [0.15, 0.2) is 48.5 Å². The van der Waals surface area contributed by atoms with Crippen LogP contribution in [-0.4, -0.2) is 52.3 Å². The van der Waals surface area contributed by atoms with Gasteiger partial charge in [0.1, 0.15) is 12.0 Å². The number of benzene rings is 2. The van der Waals surface area contributed by atoms with Crippen molar-refractivity contribution in [3.05, 3.63) is 71.0 Å². The molecule has 0 aliphatic carbocycles. The van der Waals surface area contributed by atoms with Gasteiger partial charge in [0, 0.05) is 19.6 Å². The smallest absolute Gasteiger partial charge is 0.416 e. The average Bonchev–Trinajstić information content (AvgIpc) is 2.77. The molecule has 0 unspecified atom stereocenters. The molecule has 2 aromatic rings. The van der Waals surface area contributed by atoms with Crippen molar-refractivity contribution in [3.63, 3.8) is 0 Å². The van der Waals surface area contributed by atoms with Gasteiger partial charge in [0.2, 0.25) is 0 Å². The van der Waals surface area contributed by atoms with Crippen LogP contribution in [-0.2, 0) is 19.3 Å². The quantitative estimate of drug-likeness (QED) is 0.624. The monoisotopic (exact) mass is 471 g/mol. The highest BCUT2D eigenvalue weighted by molar-refractivity contribution is 5.75. The molecule has 3 amide bonds. The van der Waals surface area contributed by atoms with Gasteiger partial charge >= 0.3 is 18.3 Å². The van der Waals surface area contributed by atoms with Crippen molar-refractivity contribution in [1.29, 1.82) is 0 Å². The maximum absolute atomic E-state index is 14.9. The van der Waals surface area contributed by atoms with E-state index in [2.05, 4.69) is 5.32 Å². The second-order valence-electron chi connectivity index (χ2n) is 7.71. The number of carboxylic acid groups (broad SMARTS) is 1. The first-order valence-corrected chi connectivity index (χ1v) is 10.1. The largest absolute Gasteiger partial charge is 0.465 e. The SMILES string of the molecule is O=C(O)N1CC[C@@H](N(Cc2ccc(F)cc2)C(=O)NCc2ccc(C(F)(F)F)cc2)[C@@H](F)C1. The fourth-order valence-corrected chi connectivity index (χ4v) is 3.63. The van der Waals surface area contributed by atoms with Crippen LogP contribution < -0.4 is 5.32 Å². The minimum Gasteiger partial charge on any atom is -0.465 e. The zero-order valence-corrected chi connectivity index (χ0v) is 17.4. The first kappa shape index (κ1) is 24.3. The Morgan fingerprint density at radius 1 is 1.06 bits per heavy atom. The summed E-state index contributed by atoms with van der Waals surface area (Å²) in [5.74, 6) is -0.477. The average molecular weight is 471 g/mol. The van der Waals surface area contributed by atoms with Gasteiger partial charge in [-0.15, -0.1) is 0 Å². The lowest BCUT2D eigenvalue weighted by atomic mass is 10.0. The number of urea groups is 1. The zero-order chi connectivity index (χ0) is 24.2. The molecule has 1 saturated heterocycles. The summed E-state index contributed by atoms with van der Waals surface area (Å²) in [7, 11) is 0. The second-order valence-corrected chi connectivity index (χ2v) is 7.71. The number of nitrogens with one attached hydrogen (secondary N) is 1. The minimum absolute atomic E-state index is 0.0342. The summed E-state index contributed by atoms with van der Waals surface area (Å²) < 4.78 is 66.3. The number of nitrogens with zero attached hydrogens (tertiary/aromatic N) is 2. The molecule has 6 nitrogen and oxygen atoms in total. The Morgan fingerprint density at radius 3 is 2.21 bits per heavy atom. The number of carbonyl (C=O) groups excluding carboxylic acids is 1. The van der Waals surface area contributed by atoms with E-state index < -0.39 is 48.4 Å². The fourth-order valence-electron chi connectivity index (χ4n) is 3.63. The molecule has 1 aliphatic heterocycles. The molecule has 0 aromatic heterocycles. The third-order valence-corrected chi connectivity index (χ3v) is 5.43. The first-order valence-electron chi connectivity index (χ1n) is 10.1. The van der Waals surface area contributed by atoms with Crippen molar-refractivity contribution in [2.45, 2.75) is 37.9 Å². The third-order valence-electron chi connectivity index (χ3n) is 5.43. The van der Waals surface area contributed by atoms with Crippen LogP contribution in [0.25, 0.3) is 0 Å². The summed E-state index contributed by atoms with van der Waals surface area (Å²) in [5, 5.41) is 11.7. The van der Waals surface area contributed by atoms with E-state index in [1.807, 2.05) is 0 Å². The summed E-state index contributed by atoms with van der Waals surface area (Å²) in [4.78, 5) is 26.2. The Labute approximate surface area is 186 Å². The summed E-state index contributed by atoms with van der Waals surface area (Å²) in [6.07, 6.45) is -7.32. The van der Waals surface area contributed by atoms with Gasteiger partial charge in [-0.1, -0.05) is 24.3 Å². The second kappa shape index (κ2) is 10.1. The lowest BCUT2D eigenvalue weighted by Crippen LogP contribution is -2.56. The van der Waals surface area contributed by atoms with Gasteiger partial charge < -0.3 is 20.2 Å². The normalized spacial score (nSPS) is 18.6. The van der Waals surface area contributed by atoms with Crippen LogP contribution in [0.4, 0.5) is 31.5 Å². The first-order chi connectivity index (χ1) is 15.5. The lowest BCUT2D eigenvalue weighted by molar-refractivity contribution is -0.137. The number of carbonyl (C=O) groups is 2. The highest BCUT2D eigenvalue weighted by Crippen LogP contribution is 2.29. The van der Waals surface area contributed by atoms with Gasteiger partial charge in [-0.05, 0) is 41.8 Å². The summed E-state index contributed by atoms with van der Waals surface area (Å²) in [6.45, 7) is -0.516. The number of likely N-dealkylation sites (tertiary alicyclic amines) is 1. The maximum atomic E-state index is 14.9. The number of hydrogen-bond acceptors (Lipinski definition) is 2. The fraction of sp³-hybridized carbons (Fsp3) is 0.364. The van der Waals surface area contributed by atoms with Crippen LogP contribution in [0, 0.1) is 5.82 Å². The van der Waals surface area contributed by atoms with Crippen LogP contribution in [0.3, 0.4) is 0 Å². The summed E-state index contributed by atoms with van der Waals surface area (Å²) in [6, 6.07) is 7.97. The molecule has 2 N–H and O–H groups in total. The predicted octanol–water partition coefficient (Wildman–Crippen LogP) is 4.65. The molecule has 178 valence electrons. The van der Waals surface area contributed by atoms with E-state index >= 15 is 0 Å². The van der Waals surface area contributed by atoms with E-state index in [4.69, 9.17) is 5.11 Å². The predicted molar refractivity (Wildman–Crippen MR) is 109 cm³/mol. The van der Waals surface area contributed by atoms with Crippen molar-refractivity contribution < 1.29 is 36.6 Å². The van der Waals surface area contributed by atoms with Gasteiger partial charge in [0.05, 0.1) is 18.2 Å². The van der Waals surface area contributed by atoms with Gasteiger partial charge in [0.25, 0.3) is 0 Å². The number of rotatable bonds is 5. The molecule has 33 heavy (non-hydrogen) atoms. The number of amides is 3. The summed E-state index contributed by atoms with van der Waals surface area (Å²) in [5.41, 5.74) is 0.130. The highest BCUT2D eigenvalue weighted by atomic mass is 19.4. The van der Waals surface area contributed by atoms with Crippen molar-refractivity contribution in [2.75, 3.05) is 13.1 Å². The lowest BCUT2D eigenvalue weighted by Gasteiger charge is -2.39. The zero-order valence-electron chi connectivity index (χ0n) is 17.4. The van der Waals surface area contributed by atoms with Crippen LogP contribution in [0.1, 0.15) is 23.1 Å². The van der Waals surface area contributed by atoms with E-state index in [1.54, 1.807) is 0 Å². The highest BCUT2D eigenvalue weighted by Gasteiger charge is 2.37. The van der Waals surface area contributed by atoms with E-state index in [-0.39, 0.29) is 26.1 Å². The Kier molecular flexibility index (Phi) is 7.39. The number of piperidine rings is 1. The van der Waals surface area contributed by atoms with Crippen molar-refractivity contribution in [2.24, 2.45) is 0 Å². The van der Waals surface area contributed by atoms with Gasteiger partial charge in [-0.3, -0.25) is 0 Å². The van der Waals surface area contributed by atoms with Crippen molar-refractivity contribution in [1.82, 2.24) is 15.1 Å². The molecule has 3 rings (SSSR count). The Balaban J connectivity index is 1.73. The van der Waals surface area contributed by atoms with E-state index in [1.165, 1.54) is 41.3 Å². The molecular weight excluding hydrogens is 449 g/mol. The molecule has 11 heteroatoms. The van der Waals surface area contributed by atoms with E-state index in [0.29, 0.717) is 11.1 Å². The van der Waals surface area contributed by atoms with Gasteiger partial charge in [-0.25, -0.2) is 18.4 Å².